The molecule has 0 aliphatic rings. The fourth-order valence-electron chi connectivity index (χ4n) is 2.58. The van der Waals surface area contributed by atoms with Gasteiger partial charge in [0.15, 0.2) is 11.7 Å². The minimum absolute atomic E-state index is 0.0739. The first-order valence-corrected chi connectivity index (χ1v) is 8.97. The molecule has 2 aromatic heterocycles. The van der Waals surface area contributed by atoms with E-state index in [1.54, 1.807) is 7.05 Å². The van der Waals surface area contributed by atoms with Gasteiger partial charge in [0.25, 0.3) is 0 Å². The fraction of sp³-hybridized carbons (Fsp3) is 0.562. The van der Waals surface area contributed by atoms with E-state index in [1.165, 1.54) is 5.56 Å². The van der Waals surface area contributed by atoms with Crippen LogP contribution in [0, 0.1) is 13.8 Å². The quantitative estimate of drug-likeness (QED) is 0.611. The van der Waals surface area contributed by atoms with Gasteiger partial charge in [0.05, 0.1) is 12.2 Å². The summed E-state index contributed by atoms with van der Waals surface area (Å²) in [6.45, 7) is 6.20. The molecule has 0 amide bonds. The van der Waals surface area contributed by atoms with E-state index >= 15 is 0 Å². The number of aryl methyl sites for hydroxylation is 2. The molecule has 1 unspecified atom stereocenters. The number of rotatable bonds is 5. The van der Waals surface area contributed by atoms with Crippen molar-refractivity contribution >= 4 is 17.3 Å². The standard InChI is InChI=1S/C16H23F3N6S/c1-9(6-12-10(2)24-25(5)11(12)3)22-15(20-4)21-7-14-23-13(8-26-14)16(17,18)19/h8-9H,6-7H2,1-5H3,(H2,20,21,22). The first-order valence-electron chi connectivity index (χ1n) is 8.09. The zero-order valence-electron chi connectivity index (χ0n) is 15.4. The summed E-state index contributed by atoms with van der Waals surface area (Å²) in [5.41, 5.74) is 2.42. The lowest BCUT2D eigenvalue weighted by Crippen LogP contribution is -2.42. The Balaban J connectivity index is 1.92. The summed E-state index contributed by atoms with van der Waals surface area (Å²) in [4.78, 5) is 7.72. The van der Waals surface area contributed by atoms with Crippen molar-refractivity contribution in [1.82, 2.24) is 25.4 Å². The normalized spacial score (nSPS) is 13.8. The van der Waals surface area contributed by atoms with Gasteiger partial charge in [0.1, 0.15) is 5.01 Å². The fourth-order valence-corrected chi connectivity index (χ4v) is 3.32. The largest absolute Gasteiger partial charge is 0.434 e. The van der Waals surface area contributed by atoms with E-state index in [1.807, 2.05) is 32.5 Å². The zero-order chi connectivity index (χ0) is 19.5. The van der Waals surface area contributed by atoms with Crippen LogP contribution < -0.4 is 10.6 Å². The molecule has 0 spiro atoms. The van der Waals surface area contributed by atoms with E-state index < -0.39 is 11.9 Å². The highest BCUT2D eigenvalue weighted by atomic mass is 32.1. The number of guanidine groups is 1. The maximum absolute atomic E-state index is 12.6. The van der Waals surface area contributed by atoms with E-state index in [4.69, 9.17) is 0 Å². The first kappa shape index (κ1) is 20.2. The molecule has 0 fully saturated rings. The predicted molar refractivity (Wildman–Crippen MR) is 96.3 cm³/mol. The summed E-state index contributed by atoms with van der Waals surface area (Å²) in [5.74, 6) is 0.514. The van der Waals surface area contributed by atoms with E-state index in [0.717, 1.165) is 34.5 Å². The maximum Gasteiger partial charge on any atom is 0.434 e. The number of aromatic nitrogens is 3. The number of hydrogen-bond donors (Lipinski definition) is 2. The predicted octanol–water partition coefficient (Wildman–Crippen LogP) is 2.81. The SMILES string of the molecule is CN=C(NCc1nc(C(F)(F)F)cs1)NC(C)Cc1c(C)nn(C)c1C. The van der Waals surface area contributed by atoms with Gasteiger partial charge in [-0.25, -0.2) is 4.98 Å². The van der Waals surface area contributed by atoms with Crippen molar-refractivity contribution in [2.24, 2.45) is 12.0 Å². The number of thiazole rings is 1. The van der Waals surface area contributed by atoms with Gasteiger partial charge in [-0.2, -0.15) is 18.3 Å². The molecule has 2 aromatic rings. The van der Waals surface area contributed by atoms with E-state index in [0.29, 0.717) is 11.0 Å². The van der Waals surface area contributed by atoms with Crippen molar-refractivity contribution in [2.45, 2.75) is 46.0 Å². The van der Waals surface area contributed by atoms with Crippen LogP contribution in [0.2, 0.25) is 0 Å². The lowest BCUT2D eigenvalue weighted by Gasteiger charge is -2.18. The van der Waals surface area contributed by atoms with Crippen LogP contribution >= 0.6 is 11.3 Å². The second kappa shape index (κ2) is 8.07. The van der Waals surface area contributed by atoms with Crippen molar-refractivity contribution in [3.63, 3.8) is 0 Å². The Hall–Kier alpha value is -2.10. The Morgan fingerprint density at radius 1 is 1.38 bits per heavy atom. The van der Waals surface area contributed by atoms with Crippen LogP contribution in [-0.4, -0.2) is 33.8 Å². The number of alkyl halides is 3. The molecular formula is C16H23F3N6S. The zero-order valence-corrected chi connectivity index (χ0v) is 16.2. The van der Waals surface area contributed by atoms with Crippen LogP contribution in [0.3, 0.4) is 0 Å². The molecule has 0 aliphatic carbocycles. The lowest BCUT2D eigenvalue weighted by molar-refractivity contribution is -0.140. The van der Waals surface area contributed by atoms with Crippen molar-refractivity contribution < 1.29 is 13.2 Å². The average molecular weight is 388 g/mol. The second-order valence-electron chi connectivity index (χ2n) is 6.07. The molecule has 0 radical (unpaired) electrons. The first-order chi connectivity index (χ1) is 12.1. The highest BCUT2D eigenvalue weighted by Gasteiger charge is 2.33. The molecule has 2 heterocycles. The topological polar surface area (TPSA) is 67.1 Å². The van der Waals surface area contributed by atoms with Gasteiger partial charge >= 0.3 is 6.18 Å². The van der Waals surface area contributed by atoms with Crippen molar-refractivity contribution in [2.75, 3.05) is 7.05 Å². The number of halogens is 3. The van der Waals surface area contributed by atoms with Gasteiger partial charge in [-0.3, -0.25) is 9.67 Å². The highest BCUT2D eigenvalue weighted by Crippen LogP contribution is 2.29. The summed E-state index contributed by atoms with van der Waals surface area (Å²) < 4.78 is 39.6. The van der Waals surface area contributed by atoms with Gasteiger partial charge in [-0.1, -0.05) is 0 Å². The molecule has 1 atom stereocenters. The summed E-state index contributed by atoms with van der Waals surface area (Å²) >= 11 is 0.970. The summed E-state index contributed by atoms with van der Waals surface area (Å²) in [6.07, 6.45) is -3.65. The minimum Gasteiger partial charge on any atom is -0.354 e. The number of nitrogens with one attached hydrogen (secondary N) is 2. The molecular weight excluding hydrogens is 365 g/mol. The molecule has 0 aromatic carbocycles. The number of hydrogen-bond acceptors (Lipinski definition) is 4. The Bertz CT molecular complexity index is 778. The van der Waals surface area contributed by atoms with Gasteiger partial charge < -0.3 is 10.6 Å². The molecule has 144 valence electrons. The van der Waals surface area contributed by atoms with Gasteiger partial charge in [-0.05, 0) is 32.8 Å². The van der Waals surface area contributed by atoms with Crippen molar-refractivity contribution in [1.29, 1.82) is 0 Å². The summed E-state index contributed by atoms with van der Waals surface area (Å²) in [7, 11) is 3.53. The molecule has 0 saturated heterocycles. The van der Waals surface area contributed by atoms with E-state index in [9.17, 15) is 13.2 Å². The molecule has 0 bridgehead atoms. The van der Waals surface area contributed by atoms with Crippen LogP contribution in [0.15, 0.2) is 10.4 Å². The van der Waals surface area contributed by atoms with Crippen LogP contribution in [0.1, 0.15) is 34.6 Å². The molecule has 10 heteroatoms. The molecule has 2 N–H and O–H groups in total. The van der Waals surface area contributed by atoms with Gasteiger partial charge in [0.2, 0.25) is 0 Å². The smallest absolute Gasteiger partial charge is 0.354 e. The number of aliphatic imine (C=N–C) groups is 1. The third-order valence-corrected chi connectivity index (χ3v) is 4.87. The highest BCUT2D eigenvalue weighted by molar-refractivity contribution is 7.09. The monoisotopic (exact) mass is 388 g/mol. The molecule has 6 nitrogen and oxygen atoms in total. The molecule has 0 saturated carbocycles. The third-order valence-electron chi connectivity index (χ3n) is 4.03. The van der Waals surface area contributed by atoms with Crippen molar-refractivity contribution in [3.8, 4) is 0 Å². The van der Waals surface area contributed by atoms with Crippen LogP contribution in [0.4, 0.5) is 13.2 Å². The lowest BCUT2D eigenvalue weighted by atomic mass is 10.1. The second-order valence-corrected chi connectivity index (χ2v) is 7.02. The molecule has 26 heavy (non-hydrogen) atoms. The molecule has 0 aliphatic heterocycles. The van der Waals surface area contributed by atoms with Gasteiger partial charge in [0, 0.05) is 31.2 Å². The van der Waals surface area contributed by atoms with E-state index in [2.05, 4.69) is 25.7 Å². The van der Waals surface area contributed by atoms with Crippen LogP contribution in [0.25, 0.3) is 0 Å². The maximum atomic E-state index is 12.6. The Morgan fingerprint density at radius 3 is 2.58 bits per heavy atom. The van der Waals surface area contributed by atoms with E-state index in [-0.39, 0.29) is 12.6 Å². The Labute approximate surface area is 154 Å². The van der Waals surface area contributed by atoms with Crippen molar-refractivity contribution in [3.05, 3.63) is 33.0 Å². The van der Waals surface area contributed by atoms with Gasteiger partial charge in [-0.15, -0.1) is 11.3 Å². The number of nitrogens with zero attached hydrogens (tertiary/aromatic N) is 4. The third kappa shape index (κ3) is 4.96. The average Bonchev–Trinajstić information content (AvgIpc) is 3.12. The molecule has 2 rings (SSSR count). The summed E-state index contributed by atoms with van der Waals surface area (Å²) in [6, 6.07) is 0.0739. The van der Waals surface area contributed by atoms with Crippen LogP contribution in [0.5, 0.6) is 0 Å². The Morgan fingerprint density at radius 2 is 2.08 bits per heavy atom. The summed E-state index contributed by atoms with van der Waals surface area (Å²) in [5, 5.41) is 12.0. The minimum atomic E-state index is -4.41. The Kier molecular flexibility index (Phi) is 6.27. The van der Waals surface area contributed by atoms with Crippen LogP contribution in [-0.2, 0) is 26.2 Å².